The molecule has 0 unspecified atom stereocenters. The van der Waals surface area contributed by atoms with E-state index in [0.29, 0.717) is 38.4 Å². The van der Waals surface area contributed by atoms with Gasteiger partial charge in [-0.25, -0.2) is 4.98 Å². The molecular formula is C31H35N7O2. The van der Waals surface area contributed by atoms with Gasteiger partial charge in [-0.3, -0.25) is 9.59 Å². The number of fused-ring (bicyclic) bond motifs is 2. The Kier molecular flexibility index (Phi) is 7.99. The van der Waals surface area contributed by atoms with Gasteiger partial charge in [0.15, 0.2) is 0 Å². The number of carbonyl (C=O) groups excluding carboxylic acids is 2. The Morgan fingerprint density at radius 2 is 1.98 bits per heavy atom. The third-order valence-corrected chi connectivity index (χ3v) is 7.84. The molecule has 2 aliphatic rings. The summed E-state index contributed by atoms with van der Waals surface area (Å²) in [4.78, 5) is 36.8. The van der Waals surface area contributed by atoms with Crippen molar-refractivity contribution in [3.8, 4) is 6.07 Å². The molecule has 2 amide bonds. The summed E-state index contributed by atoms with van der Waals surface area (Å²) in [6.07, 6.45) is 2.29. The molecule has 9 heteroatoms. The van der Waals surface area contributed by atoms with Gasteiger partial charge < -0.3 is 25.8 Å². The molecular weight excluding hydrogens is 502 g/mol. The fourth-order valence-corrected chi connectivity index (χ4v) is 5.73. The van der Waals surface area contributed by atoms with E-state index in [0.717, 1.165) is 35.6 Å². The fraction of sp³-hybridized carbons (Fsp3) is 0.355. The monoisotopic (exact) mass is 537 g/mol. The van der Waals surface area contributed by atoms with Gasteiger partial charge in [0.2, 0.25) is 5.91 Å². The van der Waals surface area contributed by atoms with Gasteiger partial charge in [0.05, 0.1) is 30.8 Å². The lowest BCUT2D eigenvalue weighted by Crippen LogP contribution is -2.55. The molecule has 9 nitrogen and oxygen atoms in total. The lowest BCUT2D eigenvalue weighted by molar-refractivity contribution is -0.128. The van der Waals surface area contributed by atoms with Gasteiger partial charge in [0.1, 0.15) is 5.69 Å². The minimum Gasteiger partial charge on any atom is -0.367 e. The number of hydrogen-bond acceptors (Lipinski definition) is 7. The van der Waals surface area contributed by atoms with Gasteiger partial charge in [-0.1, -0.05) is 43.0 Å². The van der Waals surface area contributed by atoms with E-state index >= 15 is 0 Å². The molecule has 0 spiro atoms. The topological polar surface area (TPSA) is 119 Å². The highest BCUT2D eigenvalue weighted by atomic mass is 16.2. The van der Waals surface area contributed by atoms with E-state index in [-0.39, 0.29) is 30.3 Å². The SMILES string of the molecule is C=CC(=O)N1CCN(c2cc(C(=O)N[C@H](C)CN)nc3c2CCN(c2cccc4ccccc24)C3)C[C@@H]1CC#N. The van der Waals surface area contributed by atoms with Crippen molar-refractivity contribution in [2.24, 2.45) is 5.73 Å². The van der Waals surface area contributed by atoms with Gasteiger partial charge >= 0.3 is 0 Å². The minimum absolute atomic E-state index is 0.168. The van der Waals surface area contributed by atoms with Crippen LogP contribution in [0.15, 0.2) is 61.2 Å². The molecule has 1 fully saturated rings. The average Bonchev–Trinajstić information content (AvgIpc) is 2.99. The molecule has 5 rings (SSSR count). The van der Waals surface area contributed by atoms with Crippen molar-refractivity contribution in [2.75, 3.05) is 42.5 Å². The van der Waals surface area contributed by atoms with E-state index in [1.807, 2.05) is 19.1 Å². The standard InChI is InChI=1S/C31H35N7O2/c1-3-30(39)38-16-15-37(19-23(38)11-13-32)29-17-26(31(40)34-21(2)18-33)35-27-20-36(14-12-25(27)29)28-10-6-8-22-7-4-5-9-24(22)28/h3-10,17,21,23H,1,11-12,14-16,18-20,33H2,2H3,(H,34,40)/t21-,23+/m1/s1. The molecule has 0 aliphatic carbocycles. The second kappa shape index (κ2) is 11.8. The predicted molar refractivity (Wildman–Crippen MR) is 157 cm³/mol. The number of benzene rings is 2. The van der Waals surface area contributed by atoms with Crippen LogP contribution in [-0.2, 0) is 17.8 Å². The number of nitriles is 1. The molecule has 2 atom stereocenters. The summed E-state index contributed by atoms with van der Waals surface area (Å²) >= 11 is 0. The third-order valence-electron chi connectivity index (χ3n) is 7.84. The Morgan fingerprint density at radius 3 is 2.75 bits per heavy atom. The summed E-state index contributed by atoms with van der Waals surface area (Å²) < 4.78 is 0. The largest absolute Gasteiger partial charge is 0.367 e. The highest BCUT2D eigenvalue weighted by Crippen LogP contribution is 2.35. The van der Waals surface area contributed by atoms with Crippen LogP contribution in [0.2, 0.25) is 0 Å². The summed E-state index contributed by atoms with van der Waals surface area (Å²) in [6.45, 7) is 8.75. The molecule has 2 aromatic carbocycles. The number of aromatic nitrogens is 1. The molecule has 206 valence electrons. The average molecular weight is 538 g/mol. The van der Waals surface area contributed by atoms with Gasteiger partial charge in [-0.15, -0.1) is 0 Å². The first-order chi connectivity index (χ1) is 19.4. The van der Waals surface area contributed by atoms with E-state index in [9.17, 15) is 14.9 Å². The van der Waals surface area contributed by atoms with Gasteiger partial charge in [-0.2, -0.15) is 5.26 Å². The summed E-state index contributed by atoms with van der Waals surface area (Å²) in [7, 11) is 0. The third kappa shape index (κ3) is 5.36. The van der Waals surface area contributed by atoms with Crippen LogP contribution in [0.3, 0.4) is 0 Å². The number of anilines is 2. The molecule has 3 aromatic rings. The molecule has 0 radical (unpaired) electrons. The molecule has 1 aromatic heterocycles. The number of piperazine rings is 1. The minimum atomic E-state index is -0.265. The normalized spacial score (nSPS) is 17.6. The maximum Gasteiger partial charge on any atom is 0.270 e. The number of pyridine rings is 1. The number of hydrogen-bond donors (Lipinski definition) is 2. The second-order valence-corrected chi connectivity index (χ2v) is 10.4. The first kappa shape index (κ1) is 27.2. The van der Waals surface area contributed by atoms with E-state index in [4.69, 9.17) is 10.7 Å². The second-order valence-electron chi connectivity index (χ2n) is 10.4. The quantitative estimate of drug-likeness (QED) is 0.445. The maximum atomic E-state index is 13.2. The van der Waals surface area contributed by atoms with Gasteiger partial charge in [0.25, 0.3) is 5.91 Å². The molecule has 3 N–H and O–H groups in total. The zero-order valence-electron chi connectivity index (χ0n) is 22.8. The zero-order chi connectivity index (χ0) is 28.2. The van der Waals surface area contributed by atoms with Crippen molar-refractivity contribution in [1.29, 1.82) is 5.26 Å². The summed E-state index contributed by atoms with van der Waals surface area (Å²) in [5.41, 5.74) is 10.2. The highest BCUT2D eigenvalue weighted by molar-refractivity contribution is 5.95. The van der Waals surface area contributed by atoms with Gasteiger partial charge in [-0.05, 0) is 36.9 Å². The smallest absolute Gasteiger partial charge is 0.270 e. The molecule has 1 saturated heterocycles. The van der Waals surface area contributed by atoms with Crippen molar-refractivity contribution in [3.05, 3.63) is 78.1 Å². The van der Waals surface area contributed by atoms with E-state index in [2.05, 4.69) is 64.2 Å². The lowest BCUT2D eigenvalue weighted by Gasteiger charge is -2.43. The number of amides is 2. The van der Waals surface area contributed by atoms with Crippen LogP contribution in [0.4, 0.5) is 11.4 Å². The van der Waals surface area contributed by atoms with Crippen LogP contribution in [-0.4, -0.2) is 66.5 Å². The first-order valence-corrected chi connectivity index (χ1v) is 13.7. The van der Waals surface area contributed by atoms with Crippen LogP contribution in [0.5, 0.6) is 0 Å². The molecule has 40 heavy (non-hydrogen) atoms. The Hall–Kier alpha value is -4.42. The summed E-state index contributed by atoms with van der Waals surface area (Å²) in [6, 6.07) is 18.3. The van der Waals surface area contributed by atoms with Crippen molar-refractivity contribution >= 4 is 34.0 Å². The number of carbonyl (C=O) groups is 2. The van der Waals surface area contributed by atoms with Crippen LogP contribution in [0.25, 0.3) is 10.8 Å². The summed E-state index contributed by atoms with van der Waals surface area (Å²) in [5.74, 6) is -0.434. The predicted octanol–water partition coefficient (Wildman–Crippen LogP) is 2.99. The molecule has 0 saturated carbocycles. The number of rotatable bonds is 7. The number of nitrogens with two attached hydrogens (primary N) is 1. The van der Waals surface area contributed by atoms with Crippen molar-refractivity contribution < 1.29 is 9.59 Å². The highest BCUT2D eigenvalue weighted by Gasteiger charge is 2.33. The zero-order valence-corrected chi connectivity index (χ0v) is 22.8. The Balaban J connectivity index is 1.52. The Labute approximate surface area is 234 Å². The molecule has 2 aliphatic heterocycles. The van der Waals surface area contributed by atoms with Crippen LogP contribution >= 0.6 is 0 Å². The van der Waals surface area contributed by atoms with E-state index < -0.39 is 0 Å². The van der Waals surface area contributed by atoms with Gasteiger partial charge in [0, 0.05) is 61.1 Å². The maximum absolute atomic E-state index is 13.2. The van der Waals surface area contributed by atoms with Crippen LogP contribution in [0, 0.1) is 11.3 Å². The lowest BCUT2D eigenvalue weighted by atomic mass is 9.98. The van der Waals surface area contributed by atoms with Crippen molar-refractivity contribution in [1.82, 2.24) is 15.2 Å². The van der Waals surface area contributed by atoms with Crippen LogP contribution < -0.4 is 20.9 Å². The number of nitrogens with one attached hydrogen (secondary N) is 1. The number of nitrogens with zero attached hydrogens (tertiary/aromatic N) is 5. The Bertz CT molecular complexity index is 1480. The fourth-order valence-electron chi connectivity index (χ4n) is 5.73. The molecule has 3 heterocycles. The Morgan fingerprint density at radius 1 is 1.18 bits per heavy atom. The van der Waals surface area contributed by atoms with Crippen LogP contribution in [0.1, 0.15) is 35.1 Å². The van der Waals surface area contributed by atoms with E-state index in [1.54, 1.807) is 4.90 Å². The van der Waals surface area contributed by atoms with Crippen molar-refractivity contribution in [2.45, 2.75) is 38.4 Å². The first-order valence-electron chi connectivity index (χ1n) is 13.7. The molecule has 0 bridgehead atoms. The summed E-state index contributed by atoms with van der Waals surface area (Å²) in [5, 5.41) is 14.8. The van der Waals surface area contributed by atoms with Crippen molar-refractivity contribution in [3.63, 3.8) is 0 Å². The van der Waals surface area contributed by atoms with E-state index in [1.165, 1.54) is 16.8 Å².